The number of hydrogen-bond donors (Lipinski definition) is 0. The highest BCUT2D eigenvalue weighted by atomic mass is 32.2. The summed E-state index contributed by atoms with van der Waals surface area (Å²) in [5.74, 6) is -0.605. The summed E-state index contributed by atoms with van der Waals surface area (Å²) in [5.41, 5.74) is 1.84. The van der Waals surface area contributed by atoms with Crippen LogP contribution in [0.1, 0.15) is 55.5 Å². The van der Waals surface area contributed by atoms with E-state index in [1.165, 1.54) is 6.92 Å². The molecule has 0 bridgehead atoms. The van der Waals surface area contributed by atoms with Gasteiger partial charge in [-0.1, -0.05) is 80.1 Å². The molecule has 0 saturated heterocycles. The first kappa shape index (κ1) is 25.4. The Morgan fingerprint density at radius 3 is 2.09 bits per heavy atom. The molecule has 0 aromatic heterocycles. The minimum Gasteiger partial charge on any atom is -0.456 e. The minimum absolute atomic E-state index is 0.199. The van der Waals surface area contributed by atoms with E-state index in [1.54, 1.807) is 11.8 Å². The first-order valence-corrected chi connectivity index (χ1v) is 12.5. The molecule has 0 aliphatic rings. The molecule has 3 rings (SSSR count). The number of hydrogen-bond acceptors (Lipinski definition) is 5. The van der Waals surface area contributed by atoms with Crippen LogP contribution >= 0.6 is 11.8 Å². The zero-order chi connectivity index (χ0) is 24.2. The van der Waals surface area contributed by atoms with Gasteiger partial charge < -0.3 is 4.74 Å². The van der Waals surface area contributed by atoms with Crippen LogP contribution < -0.4 is 0 Å². The molecule has 0 saturated carbocycles. The number of ether oxygens (including phenoxy) is 1. The van der Waals surface area contributed by atoms with Gasteiger partial charge in [-0.3, -0.25) is 14.6 Å². The summed E-state index contributed by atoms with van der Waals surface area (Å²) in [4.78, 5) is 32.3. The molecule has 0 amide bonds. The second-order valence-corrected chi connectivity index (χ2v) is 9.20. The lowest BCUT2D eigenvalue weighted by Gasteiger charge is -2.19. The van der Waals surface area contributed by atoms with Gasteiger partial charge >= 0.3 is 5.97 Å². The Hall–Kier alpha value is -3.18. The lowest BCUT2D eigenvalue weighted by Crippen LogP contribution is -2.33. The summed E-state index contributed by atoms with van der Waals surface area (Å²) in [5, 5.41) is 0. The number of esters is 1. The number of unbranched alkanes of at least 4 members (excludes halogenated alkanes) is 2. The molecule has 4 nitrogen and oxygen atoms in total. The van der Waals surface area contributed by atoms with E-state index in [4.69, 9.17) is 4.74 Å². The highest BCUT2D eigenvalue weighted by molar-refractivity contribution is 7.99. The third-order valence-electron chi connectivity index (χ3n) is 5.29. The maximum Gasteiger partial charge on any atom is 0.303 e. The molecule has 0 fully saturated rings. The van der Waals surface area contributed by atoms with Gasteiger partial charge in [-0.25, -0.2) is 0 Å². The van der Waals surface area contributed by atoms with Gasteiger partial charge in [0.2, 0.25) is 5.78 Å². The van der Waals surface area contributed by atoms with Crippen LogP contribution in [0.15, 0.2) is 99.7 Å². The van der Waals surface area contributed by atoms with E-state index >= 15 is 0 Å². The summed E-state index contributed by atoms with van der Waals surface area (Å²) in [6.45, 7) is 3.85. The van der Waals surface area contributed by atoms with Gasteiger partial charge in [0.1, 0.15) is 11.8 Å². The van der Waals surface area contributed by atoms with Crippen LogP contribution in [0.4, 0.5) is 0 Å². The van der Waals surface area contributed by atoms with Gasteiger partial charge in [0, 0.05) is 22.3 Å². The Morgan fingerprint density at radius 2 is 1.47 bits per heavy atom. The molecule has 0 aliphatic heterocycles. The van der Waals surface area contributed by atoms with Gasteiger partial charge in [0.25, 0.3) is 0 Å². The molecular weight excluding hydrogens is 442 g/mol. The third kappa shape index (κ3) is 7.99. The third-order valence-corrected chi connectivity index (χ3v) is 6.30. The van der Waals surface area contributed by atoms with E-state index in [9.17, 15) is 9.59 Å². The Kier molecular flexibility index (Phi) is 10.1. The second-order valence-electron chi connectivity index (χ2n) is 8.05. The van der Waals surface area contributed by atoms with Crippen molar-refractivity contribution in [1.82, 2.24) is 0 Å². The van der Waals surface area contributed by atoms with Crippen LogP contribution in [-0.2, 0) is 16.1 Å². The molecule has 1 atom stereocenters. The zero-order valence-electron chi connectivity index (χ0n) is 19.8. The van der Waals surface area contributed by atoms with Crippen molar-refractivity contribution in [2.24, 2.45) is 4.99 Å². The molecular formula is C29H31NO3S. The largest absolute Gasteiger partial charge is 0.456 e. The maximum absolute atomic E-state index is 13.6. The number of ketones is 1. The van der Waals surface area contributed by atoms with E-state index < -0.39 is 12.1 Å². The van der Waals surface area contributed by atoms with Gasteiger partial charge in [-0.2, -0.15) is 0 Å². The molecule has 0 radical (unpaired) electrons. The molecule has 3 aromatic rings. The number of aliphatic imine (C=N–C) groups is 1. The molecule has 34 heavy (non-hydrogen) atoms. The monoisotopic (exact) mass is 473 g/mol. The van der Waals surface area contributed by atoms with Crippen molar-refractivity contribution in [1.29, 1.82) is 0 Å². The quantitative estimate of drug-likeness (QED) is 0.121. The molecule has 5 heteroatoms. The fraction of sp³-hybridized carbons (Fsp3) is 0.276. The van der Waals surface area contributed by atoms with Crippen LogP contribution in [0.5, 0.6) is 0 Å². The number of nitrogens with zero attached hydrogens (tertiary/aromatic N) is 1. The predicted octanol–water partition coefficient (Wildman–Crippen LogP) is 7.17. The molecule has 3 aromatic carbocycles. The van der Waals surface area contributed by atoms with Crippen molar-refractivity contribution in [2.75, 3.05) is 0 Å². The Morgan fingerprint density at radius 1 is 0.853 bits per heavy atom. The molecule has 0 N–H and O–H groups in total. The lowest BCUT2D eigenvalue weighted by molar-refractivity contribution is -0.143. The number of benzene rings is 3. The van der Waals surface area contributed by atoms with Gasteiger partial charge in [-0.05, 0) is 54.8 Å². The topological polar surface area (TPSA) is 55.7 Å². The zero-order valence-corrected chi connectivity index (χ0v) is 20.6. The fourth-order valence-corrected chi connectivity index (χ4v) is 4.40. The van der Waals surface area contributed by atoms with Crippen molar-refractivity contribution in [3.05, 3.63) is 96.1 Å². The molecule has 1 unspecified atom stereocenters. The standard InChI is InChI=1S/C29H31NO3S/c1-3-4-7-16-27(33-22(2)31)28(30-21-23-12-8-5-9-13-23)29(32)24-17-19-26(20-18-24)34-25-14-10-6-11-15-25/h5-6,8-15,17-20,27H,3-4,7,16,21H2,1-2H3. The molecule has 0 aliphatic carbocycles. The summed E-state index contributed by atoms with van der Waals surface area (Å²) >= 11 is 1.64. The van der Waals surface area contributed by atoms with Crippen molar-refractivity contribution in [2.45, 2.75) is 62.0 Å². The molecule has 0 spiro atoms. The number of carbonyl (C=O) groups excluding carboxylic acids is 2. The van der Waals surface area contributed by atoms with Gasteiger partial charge in [0.05, 0.1) is 6.54 Å². The molecule has 0 heterocycles. The minimum atomic E-state index is -0.654. The van der Waals surface area contributed by atoms with Crippen LogP contribution in [0.25, 0.3) is 0 Å². The summed E-state index contributed by atoms with van der Waals surface area (Å²) in [6, 6.07) is 27.4. The Balaban J connectivity index is 1.85. The summed E-state index contributed by atoms with van der Waals surface area (Å²) < 4.78 is 5.60. The average molecular weight is 474 g/mol. The van der Waals surface area contributed by atoms with E-state index in [0.717, 1.165) is 34.6 Å². The maximum atomic E-state index is 13.6. The lowest BCUT2D eigenvalue weighted by atomic mass is 9.98. The van der Waals surface area contributed by atoms with Crippen molar-refractivity contribution in [3.8, 4) is 0 Å². The van der Waals surface area contributed by atoms with Gasteiger partial charge in [0.15, 0.2) is 0 Å². The number of rotatable bonds is 12. The van der Waals surface area contributed by atoms with E-state index in [0.29, 0.717) is 24.2 Å². The van der Waals surface area contributed by atoms with E-state index in [1.807, 2.05) is 72.8 Å². The normalized spacial score (nSPS) is 12.2. The van der Waals surface area contributed by atoms with Crippen LogP contribution in [0.2, 0.25) is 0 Å². The summed E-state index contributed by atoms with van der Waals surface area (Å²) in [6.07, 6.45) is 2.83. The first-order valence-electron chi connectivity index (χ1n) is 11.7. The number of carbonyl (C=O) groups is 2. The highest BCUT2D eigenvalue weighted by Crippen LogP contribution is 2.27. The van der Waals surface area contributed by atoms with Gasteiger partial charge in [-0.15, -0.1) is 0 Å². The van der Waals surface area contributed by atoms with E-state index in [-0.39, 0.29) is 5.78 Å². The second kappa shape index (κ2) is 13.5. The summed E-state index contributed by atoms with van der Waals surface area (Å²) in [7, 11) is 0. The van der Waals surface area contributed by atoms with Crippen LogP contribution in [0, 0.1) is 0 Å². The smallest absolute Gasteiger partial charge is 0.303 e. The predicted molar refractivity (Wildman–Crippen MR) is 139 cm³/mol. The van der Waals surface area contributed by atoms with Crippen LogP contribution in [0.3, 0.4) is 0 Å². The average Bonchev–Trinajstić information content (AvgIpc) is 2.85. The van der Waals surface area contributed by atoms with Crippen molar-refractivity contribution in [3.63, 3.8) is 0 Å². The van der Waals surface area contributed by atoms with Crippen LogP contribution in [-0.4, -0.2) is 23.6 Å². The molecule has 176 valence electrons. The van der Waals surface area contributed by atoms with E-state index in [2.05, 4.69) is 24.0 Å². The first-order chi connectivity index (χ1) is 16.6. The SMILES string of the molecule is CCCCCC(OC(C)=O)C(=NCc1ccccc1)C(=O)c1ccc(Sc2ccccc2)cc1. The Bertz CT molecular complexity index is 1080. The number of Topliss-reactive ketones (excluding diaryl/α,β-unsaturated/α-hetero) is 1. The fourth-order valence-electron chi connectivity index (χ4n) is 3.56. The van der Waals surface area contributed by atoms with Crippen molar-refractivity contribution >= 4 is 29.2 Å². The Labute approximate surface area is 206 Å². The highest BCUT2D eigenvalue weighted by Gasteiger charge is 2.26. The van der Waals surface area contributed by atoms with Crippen molar-refractivity contribution < 1.29 is 14.3 Å².